The zero-order valence-corrected chi connectivity index (χ0v) is 14.4. The highest BCUT2D eigenvalue weighted by Crippen LogP contribution is 2.26. The first kappa shape index (κ1) is 19.8. The van der Waals surface area contributed by atoms with E-state index in [1.807, 2.05) is 10.8 Å². The third kappa shape index (κ3) is 5.76. The fourth-order valence-corrected chi connectivity index (χ4v) is 3.05. The molecule has 2 aromatic rings. The second-order valence-corrected chi connectivity index (χ2v) is 6.33. The SMILES string of the molecule is CC(C(=O)NC(CC(=O)O)c1ccc(OC(F)(F)F)cc1)c1ccsc1. The summed E-state index contributed by atoms with van der Waals surface area (Å²) >= 11 is 1.44. The second kappa shape index (κ2) is 8.22. The molecule has 1 heterocycles. The minimum absolute atomic E-state index is 0.368. The number of nitrogens with one attached hydrogen (secondary N) is 1. The van der Waals surface area contributed by atoms with E-state index in [1.54, 1.807) is 13.0 Å². The molecule has 0 fully saturated rings. The summed E-state index contributed by atoms with van der Waals surface area (Å²) in [7, 11) is 0. The number of carboxylic acids is 1. The van der Waals surface area contributed by atoms with Crippen molar-refractivity contribution in [2.24, 2.45) is 0 Å². The summed E-state index contributed by atoms with van der Waals surface area (Å²) in [5.41, 5.74) is 1.17. The van der Waals surface area contributed by atoms with Crippen LogP contribution in [0.1, 0.15) is 36.4 Å². The zero-order chi connectivity index (χ0) is 19.3. The Labute approximate surface area is 151 Å². The van der Waals surface area contributed by atoms with Gasteiger partial charge >= 0.3 is 12.3 Å². The van der Waals surface area contributed by atoms with Crippen LogP contribution in [-0.2, 0) is 9.59 Å². The molecule has 2 N–H and O–H groups in total. The van der Waals surface area contributed by atoms with E-state index in [9.17, 15) is 22.8 Å². The number of hydrogen-bond donors (Lipinski definition) is 2. The molecular formula is C17H16F3NO4S. The van der Waals surface area contributed by atoms with Crippen molar-refractivity contribution in [3.63, 3.8) is 0 Å². The van der Waals surface area contributed by atoms with E-state index in [0.717, 1.165) is 17.7 Å². The Morgan fingerprint density at radius 3 is 2.35 bits per heavy atom. The van der Waals surface area contributed by atoms with Crippen molar-refractivity contribution in [2.75, 3.05) is 0 Å². The average Bonchev–Trinajstić information content (AvgIpc) is 3.06. The fraction of sp³-hybridized carbons (Fsp3) is 0.294. The summed E-state index contributed by atoms with van der Waals surface area (Å²) < 4.78 is 40.4. The second-order valence-electron chi connectivity index (χ2n) is 5.55. The highest BCUT2D eigenvalue weighted by atomic mass is 32.1. The lowest BCUT2D eigenvalue weighted by molar-refractivity contribution is -0.274. The van der Waals surface area contributed by atoms with Crippen LogP contribution in [0.3, 0.4) is 0 Å². The van der Waals surface area contributed by atoms with Crippen molar-refractivity contribution in [1.29, 1.82) is 0 Å². The van der Waals surface area contributed by atoms with Crippen molar-refractivity contribution in [3.05, 3.63) is 52.2 Å². The van der Waals surface area contributed by atoms with E-state index in [-0.39, 0.29) is 5.91 Å². The highest BCUT2D eigenvalue weighted by Gasteiger charge is 2.31. The molecule has 5 nitrogen and oxygen atoms in total. The maximum absolute atomic E-state index is 12.4. The van der Waals surface area contributed by atoms with Crippen molar-refractivity contribution in [1.82, 2.24) is 5.32 Å². The molecule has 2 rings (SSSR count). The van der Waals surface area contributed by atoms with Gasteiger partial charge in [0.25, 0.3) is 0 Å². The number of thiophene rings is 1. The summed E-state index contributed by atoms with van der Waals surface area (Å²) in [6.07, 6.45) is -5.21. The van der Waals surface area contributed by atoms with Gasteiger partial charge in [0.15, 0.2) is 0 Å². The van der Waals surface area contributed by atoms with Gasteiger partial charge in [0.1, 0.15) is 5.75 Å². The van der Waals surface area contributed by atoms with E-state index in [1.165, 1.54) is 23.5 Å². The Kier molecular flexibility index (Phi) is 6.25. The molecule has 0 aliphatic rings. The van der Waals surface area contributed by atoms with Crippen molar-refractivity contribution in [2.45, 2.75) is 31.7 Å². The summed E-state index contributed by atoms with van der Waals surface area (Å²) in [6, 6.07) is 5.66. The predicted octanol–water partition coefficient (Wildman–Crippen LogP) is 4.08. The molecule has 0 aliphatic carbocycles. The van der Waals surface area contributed by atoms with Gasteiger partial charge in [0, 0.05) is 0 Å². The van der Waals surface area contributed by atoms with Crippen LogP contribution >= 0.6 is 11.3 Å². The smallest absolute Gasteiger partial charge is 0.481 e. The van der Waals surface area contributed by atoms with Crippen LogP contribution < -0.4 is 10.1 Å². The van der Waals surface area contributed by atoms with Gasteiger partial charge < -0.3 is 15.2 Å². The number of carbonyl (C=O) groups is 2. The first-order valence-corrected chi connectivity index (χ1v) is 8.50. The molecule has 9 heteroatoms. The van der Waals surface area contributed by atoms with Gasteiger partial charge in [-0.3, -0.25) is 9.59 Å². The van der Waals surface area contributed by atoms with Crippen LogP contribution in [0.25, 0.3) is 0 Å². The molecule has 1 aromatic carbocycles. The van der Waals surface area contributed by atoms with Gasteiger partial charge in [-0.25, -0.2) is 0 Å². The summed E-state index contributed by atoms with van der Waals surface area (Å²) in [5.74, 6) is -2.42. The van der Waals surface area contributed by atoms with Gasteiger partial charge in [-0.2, -0.15) is 11.3 Å². The van der Waals surface area contributed by atoms with Crippen LogP contribution in [0.15, 0.2) is 41.1 Å². The number of benzene rings is 1. The van der Waals surface area contributed by atoms with Crippen LogP contribution in [0.5, 0.6) is 5.75 Å². The normalized spacial score (nSPS) is 13.7. The molecule has 26 heavy (non-hydrogen) atoms. The third-order valence-electron chi connectivity index (χ3n) is 3.65. The van der Waals surface area contributed by atoms with E-state index in [2.05, 4.69) is 10.1 Å². The van der Waals surface area contributed by atoms with E-state index < -0.39 is 36.5 Å². The maximum Gasteiger partial charge on any atom is 0.573 e. The number of halogens is 3. The minimum Gasteiger partial charge on any atom is -0.481 e. The fourth-order valence-electron chi connectivity index (χ4n) is 2.30. The van der Waals surface area contributed by atoms with Gasteiger partial charge in [-0.05, 0) is 47.0 Å². The summed E-state index contributed by atoms with van der Waals surface area (Å²) in [6.45, 7) is 1.69. The van der Waals surface area contributed by atoms with Gasteiger partial charge in [-0.1, -0.05) is 12.1 Å². The standard InChI is InChI=1S/C17H16F3NO4S/c1-10(12-6-7-26-9-12)16(24)21-14(8-15(22)23)11-2-4-13(5-3-11)25-17(18,19)20/h2-7,9-10,14H,8H2,1H3,(H,21,24)(H,22,23). The zero-order valence-electron chi connectivity index (χ0n) is 13.6. The largest absolute Gasteiger partial charge is 0.573 e. The van der Waals surface area contributed by atoms with Gasteiger partial charge in [0.05, 0.1) is 18.4 Å². The Morgan fingerprint density at radius 2 is 1.85 bits per heavy atom. The number of hydrogen-bond acceptors (Lipinski definition) is 4. The van der Waals surface area contributed by atoms with Crippen LogP contribution in [0.4, 0.5) is 13.2 Å². The monoisotopic (exact) mass is 387 g/mol. The average molecular weight is 387 g/mol. The summed E-state index contributed by atoms with van der Waals surface area (Å²) in [5, 5.41) is 15.4. The minimum atomic E-state index is -4.81. The van der Waals surface area contributed by atoms with Crippen molar-refractivity contribution < 1.29 is 32.6 Å². The number of ether oxygens (including phenoxy) is 1. The molecule has 0 radical (unpaired) electrons. The number of rotatable bonds is 7. The number of alkyl halides is 3. The summed E-state index contributed by atoms with van der Waals surface area (Å²) in [4.78, 5) is 23.5. The molecular weight excluding hydrogens is 371 g/mol. The Bertz CT molecular complexity index is 744. The molecule has 0 spiro atoms. The molecule has 0 bridgehead atoms. The first-order valence-electron chi connectivity index (χ1n) is 7.55. The molecule has 2 atom stereocenters. The molecule has 0 saturated carbocycles. The lowest BCUT2D eigenvalue weighted by atomic mass is 10.00. The number of amides is 1. The van der Waals surface area contributed by atoms with Crippen LogP contribution in [0.2, 0.25) is 0 Å². The van der Waals surface area contributed by atoms with Crippen molar-refractivity contribution in [3.8, 4) is 5.75 Å². The predicted molar refractivity (Wildman–Crippen MR) is 89.0 cm³/mol. The molecule has 1 amide bonds. The number of carboxylic acid groups (broad SMARTS) is 1. The molecule has 2 unspecified atom stereocenters. The quantitative estimate of drug-likeness (QED) is 0.751. The van der Waals surface area contributed by atoms with Crippen molar-refractivity contribution >= 4 is 23.2 Å². The Hall–Kier alpha value is -2.55. The lowest BCUT2D eigenvalue weighted by Crippen LogP contribution is -2.33. The topological polar surface area (TPSA) is 75.6 Å². The van der Waals surface area contributed by atoms with E-state index in [0.29, 0.717) is 5.56 Å². The van der Waals surface area contributed by atoms with Crippen LogP contribution in [-0.4, -0.2) is 23.3 Å². The molecule has 0 aliphatic heterocycles. The Balaban J connectivity index is 2.13. The van der Waals surface area contributed by atoms with E-state index >= 15 is 0 Å². The van der Waals surface area contributed by atoms with Gasteiger partial charge in [-0.15, -0.1) is 13.2 Å². The molecule has 0 saturated heterocycles. The lowest BCUT2D eigenvalue weighted by Gasteiger charge is -2.20. The Morgan fingerprint density at radius 1 is 1.19 bits per heavy atom. The maximum atomic E-state index is 12.4. The van der Waals surface area contributed by atoms with Gasteiger partial charge in [0.2, 0.25) is 5.91 Å². The number of carbonyl (C=O) groups excluding carboxylic acids is 1. The first-order chi connectivity index (χ1) is 12.2. The van der Waals surface area contributed by atoms with E-state index in [4.69, 9.17) is 5.11 Å². The molecule has 140 valence electrons. The number of aliphatic carboxylic acids is 1. The molecule has 1 aromatic heterocycles. The van der Waals surface area contributed by atoms with Crippen LogP contribution in [0, 0.1) is 0 Å². The highest BCUT2D eigenvalue weighted by molar-refractivity contribution is 7.08. The third-order valence-corrected chi connectivity index (χ3v) is 4.35.